The van der Waals surface area contributed by atoms with Crippen molar-refractivity contribution in [2.75, 3.05) is 29.6 Å². The molecule has 0 saturated carbocycles. The zero-order chi connectivity index (χ0) is 27.2. The SMILES string of the molecule is CN(C)c1ccc([C@@H](C(=O)NCc2ccccc2)N(C(=O)c2snc(C(N)=O)c2N)c2ccccc2)cc1. The molecular weight excluding hydrogens is 500 g/mol. The van der Waals surface area contributed by atoms with Crippen LogP contribution < -0.4 is 26.6 Å². The number of anilines is 3. The van der Waals surface area contributed by atoms with E-state index in [1.54, 1.807) is 24.3 Å². The van der Waals surface area contributed by atoms with Crippen LogP contribution in [-0.2, 0) is 11.3 Å². The Balaban J connectivity index is 1.81. The first kappa shape index (κ1) is 26.4. The lowest BCUT2D eigenvalue weighted by Gasteiger charge is -2.31. The lowest BCUT2D eigenvalue weighted by molar-refractivity contribution is -0.122. The van der Waals surface area contributed by atoms with Crippen LogP contribution in [0.5, 0.6) is 0 Å². The van der Waals surface area contributed by atoms with Crippen molar-refractivity contribution in [2.45, 2.75) is 12.6 Å². The van der Waals surface area contributed by atoms with Gasteiger partial charge in [-0.3, -0.25) is 19.3 Å². The van der Waals surface area contributed by atoms with E-state index in [4.69, 9.17) is 11.5 Å². The van der Waals surface area contributed by atoms with E-state index in [0.717, 1.165) is 22.8 Å². The van der Waals surface area contributed by atoms with Gasteiger partial charge in [-0.25, -0.2) is 0 Å². The molecule has 4 rings (SSSR count). The topological polar surface area (TPSA) is 135 Å². The number of aromatic nitrogens is 1. The molecule has 0 unspecified atom stereocenters. The van der Waals surface area contributed by atoms with E-state index in [0.29, 0.717) is 11.3 Å². The van der Waals surface area contributed by atoms with Gasteiger partial charge >= 0.3 is 0 Å². The third-order valence-electron chi connectivity index (χ3n) is 5.95. The van der Waals surface area contributed by atoms with E-state index in [9.17, 15) is 14.4 Å². The van der Waals surface area contributed by atoms with Crippen LogP contribution >= 0.6 is 11.5 Å². The quantitative estimate of drug-likeness (QED) is 0.304. The number of para-hydroxylation sites is 1. The van der Waals surface area contributed by atoms with Gasteiger partial charge < -0.3 is 21.7 Å². The molecule has 3 aromatic carbocycles. The number of nitrogens with zero attached hydrogens (tertiary/aromatic N) is 3. The summed E-state index contributed by atoms with van der Waals surface area (Å²) < 4.78 is 3.98. The van der Waals surface area contributed by atoms with E-state index in [-0.39, 0.29) is 28.7 Å². The maximum atomic E-state index is 14.0. The number of hydrogen-bond donors (Lipinski definition) is 3. The third kappa shape index (κ3) is 5.65. The van der Waals surface area contributed by atoms with Crippen LogP contribution in [0.1, 0.15) is 37.3 Å². The molecular formula is C28H28N6O3S. The van der Waals surface area contributed by atoms with Gasteiger partial charge in [-0.15, -0.1) is 0 Å². The summed E-state index contributed by atoms with van der Waals surface area (Å²) in [6.07, 6.45) is 0. The second-order valence-electron chi connectivity index (χ2n) is 8.74. The normalized spacial score (nSPS) is 11.4. The molecule has 0 aliphatic heterocycles. The molecule has 9 nitrogen and oxygen atoms in total. The van der Waals surface area contributed by atoms with Crippen LogP contribution in [0.3, 0.4) is 0 Å². The molecule has 38 heavy (non-hydrogen) atoms. The van der Waals surface area contributed by atoms with Crippen LogP contribution in [0.15, 0.2) is 84.9 Å². The zero-order valence-electron chi connectivity index (χ0n) is 21.0. The Kier molecular flexibility index (Phi) is 8.03. The molecule has 10 heteroatoms. The number of nitrogens with one attached hydrogen (secondary N) is 1. The fraction of sp³-hybridized carbons (Fsp3) is 0.143. The molecule has 0 saturated heterocycles. The van der Waals surface area contributed by atoms with Crippen molar-refractivity contribution in [3.05, 3.63) is 107 Å². The van der Waals surface area contributed by atoms with Crippen molar-refractivity contribution in [3.8, 4) is 0 Å². The molecule has 4 aromatic rings. The van der Waals surface area contributed by atoms with Gasteiger partial charge in [-0.05, 0) is 46.9 Å². The van der Waals surface area contributed by atoms with Gasteiger partial charge in [0.1, 0.15) is 10.9 Å². The summed E-state index contributed by atoms with van der Waals surface area (Å²) in [7, 11) is 3.84. The Morgan fingerprint density at radius 2 is 1.50 bits per heavy atom. The standard InChI is InChI=1S/C28H28N6O3S/c1-33(2)20-15-13-19(14-16-20)24(27(36)31-17-18-9-5-3-6-10-18)34(21-11-7-4-8-12-21)28(37)25-22(29)23(26(30)35)32-38-25/h3-16,24H,17,29H2,1-2H3,(H2,30,35)(H,31,36)/t24-/m0/s1. The number of hydrogen-bond acceptors (Lipinski definition) is 7. The minimum Gasteiger partial charge on any atom is -0.395 e. The van der Waals surface area contributed by atoms with Crippen molar-refractivity contribution in [1.29, 1.82) is 0 Å². The molecule has 1 heterocycles. The molecule has 0 aliphatic carbocycles. The Bertz CT molecular complexity index is 1420. The Hall–Kier alpha value is -4.70. The van der Waals surface area contributed by atoms with E-state index in [1.165, 1.54) is 4.90 Å². The number of nitrogens with two attached hydrogens (primary N) is 2. The first-order valence-electron chi connectivity index (χ1n) is 11.8. The monoisotopic (exact) mass is 528 g/mol. The summed E-state index contributed by atoms with van der Waals surface area (Å²) in [4.78, 5) is 43.0. The number of rotatable bonds is 9. The molecule has 0 radical (unpaired) electrons. The highest BCUT2D eigenvalue weighted by atomic mass is 32.1. The average Bonchev–Trinajstić information content (AvgIpc) is 3.32. The van der Waals surface area contributed by atoms with Gasteiger partial charge in [0.15, 0.2) is 5.69 Å². The lowest BCUT2D eigenvalue weighted by Crippen LogP contribution is -2.44. The third-order valence-corrected chi connectivity index (χ3v) is 6.80. The number of amides is 3. The number of carbonyl (C=O) groups is 3. The Morgan fingerprint density at radius 1 is 0.895 bits per heavy atom. The number of carbonyl (C=O) groups excluding carboxylic acids is 3. The van der Waals surface area contributed by atoms with Gasteiger partial charge in [0.05, 0.1) is 5.69 Å². The molecule has 5 N–H and O–H groups in total. The average molecular weight is 529 g/mol. The molecule has 0 spiro atoms. The molecule has 0 fully saturated rings. The minimum atomic E-state index is -1.05. The van der Waals surface area contributed by atoms with Crippen LogP contribution in [0, 0.1) is 0 Å². The Labute approximate surface area is 224 Å². The van der Waals surface area contributed by atoms with E-state index < -0.39 is 17.9 Å². The van der Waals surface area contributed by atoms with Crippen LogP contribution in [-0.4, -0.2) is 36.2 Å². The molecule has 194 valence electrons. The van der Waals surface area contributed by atoms with Gasteiger partial charge in [-0.2, -0.15) is 4.37 Å². The zero-order valence-corrected chi connectivity index (χ0v) is 21.8. The van der Waals surface area contributed by atoms with Gasteiger partial charge in [0.25, 0.3) is 11.8 Å². The van der Waals surface area contributed by atoms with Crippen LogP contribution in [0.2, 0.25) is 0 Å². The predicted molar refractivity (Wildman–Crippen MR) is 150 cm³/mol. The van der Waals surface area contributed by atoms with Gasteiger partial charge in [0.2, 0.25) is 5.91 Å². The van der Waals surface area contributed by atoms with Crippen LogP contribution in [0.4, 0.5) is 17.1 Å². The second kappa shape index (κ2) is 11.6. The number of nitrogen functional groups attached to an aromatic ring is 1. The molecule has 0 bridgehead atoms. The van der Waals surface area contributed by atoms with Crippen molar-refractivity contribution >= 4 is 46.3 Å². The number of primary amides is 1. The maximum absolute atomic E-state index is 14.0. The second-order valence-corrected chi connectivity index (χ2v) is 9.51. The lowest BCUT2D eigenvalue weighted by atomic mass is 10.0. The van der Waals surface area contributed by atoms with Crippen LogP contribution in [0.25, 0.3) is 0 Å². The highest BCUT2D eigenvalue weighted by Gasteiger charge is 2.36. The van der Waals surface area contributed by atoms with Crippen molar-refractivity contribution < 1.29 is 14.4 Å². The predicted octanol–water partition coefficient (Wildman–Crippen LogP) is 3.59. The number of benzene rings is 3. The Morgan fingerprint density at radius 3 is 2.05 bits per heavy atom. The summed E-state index contributed by atoms with van der Waals surface area (Å²) in [6, 6.07) is 24.7. The van der Waals surface area contributed by atoms with E-state index in [1.807, 2.05) is 79.7 Å². The molecule has 1 atom stereocenters. The fourth-order valence-corrected chi connectivity index (χ4v) is 4.71. The summed E-state index contributed by atoms with van der Waals surface area (Å²) in [6.45, 7) is 0.275. The minimum absolute atomic E-state index is 0.0217. The summed E-state index contributed by atoms with van der Waals surface area (Å²) in [5, 5.41) is 2.97. The first-order valence-corrected chi connectivity index (χ1v) is 12.6. The van der Waals surface area contributed by atoms with E-state index >= 15 is 0 Å². The summed E-state index contributed by atoms with van der Waals surface area (Å²) >= 11 is 0.771. The first-order chi connectivity index (χ1) is 18.3. The molecule has 1 aromatic heterocycles. The molecule has 0 aliphatic rings. The maximum Gasteiger partial charge on any atom is 0.273 e. The van der Waals surface area contributed by atoms with Gasteiger partial charge in [-0.1, -0.05) is 60.7 Å². The van der Waals surface area contributed by atoms with E-state index in [2.05, 4.69) is 9.69 Å². The van der Waals surface area contributed by atoms with Crippen molar-refractivity contribution in [1.82, 2.24) is 9.69 Å². The highest BCUT2D eigenvalue weighted by molar-refractivity contribution is 7.09. The summed E-state index contributed by atoms with van der Waals surface area (Å²) in [5.41, 5.74) is 14.1. The smallest absolute Gasteiger partial charge is 0.273 e. The fourth-order valence-electron chi connectivity index (χ4n) is 3.96. The van der Waals surface area contributed by atoms with Crippen molar-refractivity contribution in [3.63, 3.8) is 0 Å². The highest BCUT2D eigenvalue weighted by Crippen LogP contribution is 2.33. The summed E-state index contributed by atoms with van der Waals surface area (Å²) in [5.74, 6) is -1.79. The largest absolute Gasteiger partial charge is 0.395 e. The van der Waals surface area contributed by atoms with Crippen molar-refractivity contribution in [2.24, 2.45) is 5.73 Å². The molecule has 3 amide bonds. The van der Waals surface area contributed by atoms with Gasteiger partial charge in [0, 0.05) is 32.0 Å².